The van der Waals surface area contributed by atoms with Crippen molar-refractivity contribution in [2.45, 2.75) is 24.2 Å². The van der Waals surface area contributed by atoms with Crippen LogP contribution in [0.25, 0.3) is 0 Å². The number of alkyl halides is 2. The van der Waals surface area contributed by atoms with Crippen LogP contribution in [0.3, 0.4) is 0 Å². The first-order chi connectivity index (χ1) is 12.0. The highest BCUT2D eigenvalue weighted by Crippen LogP contribution is 2.22. The molecule has 0 N–H and O–H groups in total. The molecule has 26 heavy (non-hydrogen) atoms. The van der Waals surface area contributed by atoms with Crippen LogP contribution in [0.5, 0.6) is 0 Å². The Morgan fingerprint density at radius 1 is 1.23 bits per heavy atom. The Bertz CT molecular complexity index is 918. The molecule has 0 fully saturated rings. The van der Waals surface area contributed by atoms with Gasteiger partial charge in [0.2, 0.25) is 6.43 Å². The van der Waals surface area contributed by atoms with Crippen LogP contribution in [0, 0.1) is 11.6 Å². The first-order valence-corrected chi connectivity index (χ1v) is 9.38. The quantitative estimate of drug-likeness (QED) is 0.395. The van der Waals surface area contributed by atoms with E-state index in [2.05, 4.69) is 0 Å². The van der Waals surface area contributed by atoms with Crippen molar-refractivity contribution in [3.8, 4) is 0 Å². The Hall–Kier alpha value is -1.87. The normalized spacial score (nSPS) is 12.0. The summed E-state index contributed by atoms with van der Waals surface area (Å²) in [6.45, 7) is 0. The summed E-state index contributed by atoms with van der Waals surface area (Å²) >= 11 is 5.53. The lowest BCUT2D eigenvalue weighted by Gasteiger charge is -2.04. The van der Waals surface area contributed by atoms with E-state index in [4.69, 9.17) is 11.6 Å². The molecule has 0 aliphatic rings. The molecule has 0 aliphatic carbocycles. The minimum atomic E-state index is -3.97. The van der Waals surface area contributed by atoms with Crippen molar-refractivity contribution in [2.24, 2.45) is 7.05 Å². The molecule has 142 valence electrons. The SMILES string of the molecule is Cn1cc(S(=O)(=O)CCC(F)F)cc1C(=O)Cc1cc(F)c(F)c(Cl)c1. The summed E-state index contributed by atoms with van der Waals surface area (Å²) in [5.41, 5.74) is 0.101. The fourth-order valence-electron chi connectivity index (χ4n) is 2.33. The lowest BCUT2D eigenvalue weighted by atomic mass is 10.1. The van der Waals surface area contributed by atoms with Crippen molar-refractivity contribution in [3.63, 3.8) is 0 Å². The lowest BCUT2D eigenvalue weighted by molar-refractivity contribution is 0.0985. The number of benzene rings is 1. The summed E-state index contributed by atoms with van der Waals surface area (Å²) in [7, 11) is -2.55. The molecular formula is C16H14ClF4NO3S. The minimum absolute atomic E-state index is 0.0125. The van der Waals surface area contributed by atoms with E-state index in [0.717, 1.165) is 24.4 Å². The Balaban J connectivity index is 2.24. The van der Waals surface area contributed by atoms with Gasteiger partial charge in [-0.05, 0) is 23.8 Å². The first kappa shape index (κ1) is 20.4. The summed E-state index contributed by atoms with van der Waals surface area (Å²) < 4.78 is 76.3. The van der Waals surface area contributed by atoms with Gasteiger partial charge >= 0.3 is 0 Å². The van der Waals surface area contributed by atoms with Gasteiger partial charge in [0, 0.05) is 26.1 Å². The molecule has 1 heterocycles. The van der Waals surface area contributed by atoms with E-state index in [-0.39, 0.29) is 22.6 Å². The highest BCUT2D eigenvalue weighted by atomic mass is 35.5. The Morgan fingerprint density at radius 3 is 2.46 bits per heavy atom. The second-order valence-electron chi connectivity index (χ2n) is 5.64. The van der Waals surface area contributed by atoms with Gasteiger partial charge in [0.05, 0.1) is 21.4 Å². The molecule has 0 spiro atoms. The predicted octanol–water partition coefficient (Wildman–Crippen LogP) is 3.81. The van der Waals surface area contributed by atoms with Gasteiger partial charge in [-0.3, -0.25) is 4.79 Å². The van der Waals surface area contributed by atoms with Gasteiger partial charge in [-0.15, -0.1) is 0 Å². The van der Waals surface area contributed by atoms with Gasteiger partial charge in [0.15, 0.2) is 27.3 Å². The number of nitrogens with zero attached hydrogens (tertiary/aromatic N) is 1. The molecule has 0 radical (unpaired) electrons. The van der Waals surface area contributed by atoms with E-state index in [1.165, 1.54) is 11.6 Å². The van der Waals surface area contributed by atoms with Crippen LogP contribution in [0.2, 0.25) is 5.02 Å². The van der Waals surface area contributed by atoms with Crippen molar-refractivity contribution >= 4 is 27.2 Å². The van der Waals surface area contributed by atoms with Crippen LogP contribution in [0.1, 0.15) is 22.5 Å². The molecule has 0 saturated carbocycles. The van der Waals surface area contributed by atoms with Crippen LogP contribution in [0.4, 0.5) is 17.6 Å². The maximum atomic E-state index is 13.4. The third kappa shape index (κ3) is 4.64. The number of hydrogen-bond acceptors (Lipinski definition) is 3. The van der Waals surface area contributed by atoms with Gasteiger partial charge in [-0.25, -0.2) is 26.0 Å². The number of halogens is 5. The van der Waals surface area contributed by atoms with Gasteiger partial charge in [0.1, 0.15) is 0 Å². The van der Waals surface area contributed by atoms with Gasteiger partial charge in [0.25, 0.3) is 0 Å². The van der Waals surface area contributed by atoms with E-state index < -0.39 is 50.9 Å². The molecule has 1 aromatic carbocycles. The number of rotatable bonds is 7. The van der Waals surface area contributed by atoms with Crippen LogP contribution < -0.4 is 0 Å². The monoisotopic (exact) mass is 411 g/mol. The Labute approximate surface area is 152 Å². The van der Waals surface area contributed by atoms with Gasteiger partial charge < -0.3 is 4.57 Å². The van der Waals surface area contributed by atoms with Gasteiger partial charge in [-0.1, -0.05) is 11.6 Å². The zero-order valence-electron chi connectivity index (χ0n) is 13.5. The molecule has 0 bridgehead atoms. The first-order valence-electron chi connectivity index (χ1n) is 7.35. The zero-order chi connectivity index (χ0) is 19.6. The molecule has 0 unspecified atom stereocenters. The number of aryl methyl sites for hydroxylation is 1. The van der Waals surface area contributed by atoms with Crippen molar-refractivity contribution in [1.82, 2.24) is 4.57 Å². The summed E-state index contributed by atoms with van der Waals surface area (Å²) in [5, 5.41) is -0.477. The third-order valence-electron chi connectivity index (χ3n) is 3.64. The largest absolute Gasteiger partial charge is 0.347 e. The topological polar surface area (TPSA) is 56.1 Å². The number of hydrogen-bond donors (Lipinski definition) is 0. The zero-order valence-corrected chi connectivity index (χ0v) is 15.1. The smallest absolute Gasteiger partial charge is 0.239 e. The minimum Gasteiger partial charge on any atom is -0.347 e. The number of Topliss-reactive ketones (excluding diaryl/α,β-unsaturated/α-hetero) is 1. The van der Waals surface area contributed by atoms with E-state index in [9.17, 15) is 30.8 Å². The van der Waals surface area contributed by atoms with Crippen LogP contribution >= 0.6 is 11.6 Å². The van der Waals surface area contributed by atoms with Crippen LogP contribution in [-0.4, -0.2) is 30.9 Å². The number of aromatic nitrogens is 1. The third-order valence-corrected chi connectivity index (χ3v) is 5.63. The Kier molecular flexibility index (Phi) is 6.13. The molecule has 4 nitrogen and oxygen atoms in total. The summed E-state index contributed by atoms with van der Waals surface area (Å²) in [5.74, 6) is -3.75. The van der Waals surface area contributed by atoms with Gasteiger partial charge in [-0.2, -0.15) is 0 Å². The fourth-order valence-corrected chi connectivity index (χ4v) is 3.89. The van der Waals surface area contributed by atoms with Crippen LogP contribution in [0.15, 0.2) is 29.3 Å². The van der Waals surface area contributed by atoms with Crippen molar-refractivity contribution in [3.05, 3.63) is 52.3 Å². The standard InChI is InChI=1S/C16H14ClF4NO3S/c1-22-8-10(26(24,25)3-2-15(19)20)7-13(22)14(23)6-9-4-11(17)16(21)12(18)5-9/h4-5,7-8,15H,2-3,6H2,1H3. The average molecular weight is 412 g/mol. The highest BCUT2D eigenvalue weighted by Gasteiger charge is 2.22. The summed E-state index contributed by atoms with van der Waals surface area (Å²) in [6.07, 6.45) is -2.77. The van der Waals surface area contributed by atoms with Crippen molar-refractivity contribution in [2.75, 3.05) is 5.75 Å². The summed E-state index contributed by atoms with van der Waals surface area (Å²) in [6, 6.07) is 2.99. The average Bonchev–Trinajstić information content (AvgIpc) is 2.93. The number of ketones is 1. The molecular weight excluding hydrogens is 398 g/mol. The van der Waals surface area contributed by atoms with Crippen molar-refractivity contribution < 1.29 is 30.8 Å². The van der Waals surface area contributed by atoms with Crippen LogP contribution in [-0.2, 0) is 23.3 Å². The van der Waals surface area contributed by atoms with E-state index in [1.54, 1.807) is 0 Å². The summed E-state index contributed by atoms with van der Waals surface area (Å²) in [4.78, 5) is 12.1. The number of carbonyl (C=O) groups is 1. The second kappa shape index (κ2) is 7.79. The molecule has 0 atom stereocenters. The molecule has 0 amide bonds. The number of carbonyl (C=O) groups excluding carboxylic acids is 1. The molecule has 2 aromatic rings. The molecule has 0 aliphatic heterocycles. The van der Waals surface area contributed by atoms with Crippen molar-refractivity contribution in [1.29, 1.82) is 0 Å². The maximum absolute atomic E-state index is 13.4. The Morgan fingerprint density at radius 2 is 1.88 bits per heavy atom. The van der Waals surface area contributed by atoms with E-state index in [0.29, 0.717) is 0 Å². The highest BCUT2D eigenvalue weighted by molar-refractivity contribution is 7.91. The number of sulfone groups is 1. The molecule has 0 saturated heterocycles. The molecule has 1 aromatic heterocycles. The lowest BCUT2D eigenvalue weighted by Crippen LogP contribution is -2.09. The molecule has 10 heteroatoms. The van der Waals surface area contributed by atoms with E-state index >= 15 is 0 Å². The second-order valence-corrected chi connectivity index (χ2v) is 8.16. The maximum Gasteiger partial charge on any atom is 0.239 e. The molecule has 2 rings (SSSR count). The fraction of sp³-hybridized carbons (Fsp3) is 0.312. The predicted molar refractivity (Wildman–Crippen MR) is 87.5 cm³/mol. The van der Waals surface area contributed by atoms with E-state index in [1.807, 2.05) is 0 Å².